The van der Waals surface area contributed by atoms with Crippen LogP contribution in [-0.2, 0) is 0 Å². The van der Waals surface area contributed by atoms with E-state index in [4.69, 9.17) is 10.1 Å². The first-order valence-corrected chi connectivity index (χ1v) is 8.22. The van der Waals surface area contributed by atoms with Gasteiger partial charge in [0.2, 0.25) is 0 Å². The third kappa shape index (κ3) is 2.46. The molecule has 0 saturated carbocycles. The summed E-state index contributed by atoms with van der Waals surface area (Å²) in [4.78, 5) is 9.64. The van der Waals surface area contributed by atoms with E-state index in [1.54, 1.807) is 0 Å². The predicted molar refractivity (Wildman–Crippen MR) is 93.2 cm³/mol. The number of rotatable bonds is 3. The molecule has 0 amide bonds. The van der Waals surface area contributed by atoms with Crippen molar-refractivity contribution in [2.24, 2.45) is 0 Å². The van der Waals surface area contributed by atoms with Gasteiger partial charge in [-0.1, -0.05) is 12.1 Å². The Balaban J connectivity index is 1.76. The molecular weight excluding hydrogens is 288 g/mol. The summed E-state index contributed by atoms with van der Waals surface area (Å²) in [5.74, 6) is 1.07. The van der Waals surface area contributed by atoms with E-state index in [0.717, 1.165) is 44.1 Å². The number of aliphatic hydroxyl groups excluding tert-OH is 1. The maximum Gasteiger partial charge on any atom is 0.153 e. The quantitative estimate of drug-likeness (QED) is 0.802. The Morgan fingerprint density at radius 2 is 1.91 bits per heavy atom. The lowest BCUT2D eigenvalue weighted by molar-refractivity contribution is 0.188. The second-order valence-corrected chi connectivity index (χ2v) is 6.19. The highest BCUT2D eigenvalue weighted by molar-refractivity contribution is 5.87. The monoisotopic (exact) mass is 310 g/mol. The van der Waals surface area contributed by atoms with Crippen LogP contribution < -0.4 is 4.90 Å². The minimum absolute atomic E-state index is 0.233. The van der Waals surface area contributed by atoms with Crippen LogP contribution in [-0.4, -0.2) is 58.7 Å². The highest BCUT2D eigenvalue weighted by Gasteiger charge is 2.20. The molecular formula is C18H22N4O. The lowest BCUT2D eigenvalue weighted by atomic mass is 10.2. The molecule has 1 aromatic carbocycles. The lowest BCUT2D eigenvalue weighted by Crippen LogP contribution is -2.47. The maximum absolute atomic E-state index is 9.09. The highest BCUT2D eigenvalue weighted by atomic mass is 16.3. The molecule has 0 aliphatic carbocycles. The first-order chi connectivity index (χ1) is 11.3. The second kappa shape index (κ2) is 5.83. The summed E-state index contributed by atoms with van der Waals surface area (Å²) in [6.07, 6.45) is 2.12. The summed E-state index contributed by atoms with van der Waals surface area (Å²) in [5.41, 5.74) is 4.65. The number of hydrogen-bond acceptors (Lipinski definition) is 4. The number of aromatic nitrogens is 2. The summed E-state index contributed by atoms with van der Waals surface area (Å²) in [6.45, 7) is 6.98. The van der Waals surface area contributed by atoms with Gasteiger partial charge < -0.3 is 14.4 Å². The molecule has 0 radical (unpaired) electrons. The SMILES string of the molecule is Cc1cccc2nc(N3CCN(CCO)CC3)c3cccn3c12. The van der Waals surface area contributed by atoms with E-state index in [-0.39, 0.29) is 6.61 Å². The Bertz CT molecular complexity index is 834. The molecule has 0 atom stereocenters. The van der Waals surface area contributed by atoms with E-state index in [2.05, 4.69) is 57.7 Å². The largest absolute Gasteiger partial charge is 0.395 e. The number of nitrogens with zero attached hydrogens (tertiary/aromatic N) is 4. The van der Waals surface area contributed by atoms with E-state index in [1.165, 1.54) is 16.6 Å². The molecule has 1 aliphatic rings. The van der Waals surface area contributed by atoms with Gasteiger partial charge in [0.1, 0.15) is 0 Å². The Kier molecular flexibility index (Phi) is 3.67. The first-order valence-electron chi connectivity index (χ1n) is 8.22. The second-order valence-electron chi connectivity index (χ2n) is 6.19. The number of β-amino-alcohol motifs (C(OH)–C–C–N with tert-alkyl or cyclic N) is 1. The molecule has 1 N–H and O–H groups in total. The van der Waals surface area contributed by atoms with Gasteiger partial charge in [0, 0.05) is 38.9 Å². The number of para-hydroxylation sites is 1. The van der Waals surface area contributed by atoms with Crippen molar-refractivity contribution < 1.29 is 5.11 Å². The number of fused-ring (bicyclic) bond motifs is 3. The van der Waals surface area contributed by atoms with Crippen molar-refractivity contribution >= 4 is 22.4 Å². The fraction of sp³-hybridized carbons (Fsp3) is 0.389. The van der Waals surface area contributed by atoms with E-state index >= 15 is 0 Å². The molecule has 1 aliphatic heterocycles. The van der Waals surface area contributed by atoms with Gasteiger partial charge in [-0.2, -0.15) is 0 Å². The topological polar surface area (TPSA) is 44.0 Å². The van der Waals surface area contributed by atoms with Crippen molar-refractivity contribution in [3.63, 3.8) is 0 Å². The highest BCUT2D eigenvalue weighted by Crippen LogP contribution is 2.27. The van der Waals surface area contributed by atoms with Crippen LogP contribution in [0, 0.1) is 6.92 Å². The van der Waals surface area contributed by atoms with Crippen molar-refractivity contribution in [3.05, 3.63) is 42.1 Å². The normalized spacial score (nSPS) is 16.5. The van der Waals surface area contributed by atoms with E-state index < -0.39 is 0 Å². The van der Waals surface area contributed by atoms with Crippen LogP contribution in [0.25, 0.3) is 16.6 Å². The Morgan fingerprint density at radius 3 is 2.70 bits per heavy atom. The van der Waals surface area contributed by atoms with E-state index in [0.29, 0.717) is 0 Å². The van der Waals surface area contributed by atoms with Gasteiger partial charge in [-0.3, -0.25) is 4.90 Å². The van der Waals surface area contributed by atoms with Crippen molar-refractivity contribution in [1.29, 1.82) is 0 Å². The maximum atomic E-state index is 9.09. The van der Waals surface area contributed by atoms with Crippen molar-refractivity contribution in [3.8, 4) is 0 Å². The Morgan fingerprint density at radius 1 is 1.09 bits per heavy atom. The minimum atomic E-state index is 0.233. The molecule has 2 aromatic heterocycles. The Hall–Kier alpha value is -2.11. The van der Waals surface area contributed by atoms with Gasteiger partial charge in [0.25, 0.3) is 0 Å². The van der Waals surface area contributed by atoms with Gasteiger partial charge in [0.15, 0.2) is 5.82 Å². The molecule has 0 unspecified atom stereocenters. The van der Waals surface area contributed by atoms with Gasteiger partial charge >= 0.3 is 0 Å². The number of aliphatic hydroxyl groups is 1. The van der Waals surface area contributed by atoms with Gasteiger partial charge in [-0.05, 0) is 30.7 Å². The molecule has 23 heavy (non-hydrogen) atoms. The zero-order valence-electron chi connectivity index (χ0n) is 13.4. The van der Waals surface area contributed by atoms with E-state index in [9.17, 15) is 0 Å². The molecule has 0 bridgehead atoms. The number of hydrogen-bond donors (Lipinski definition) is 1. The minimum Gasteiger partial charge on any atom is -0.395 e. The summed E-state index contributed by atoms with van der Waals surface area (Å²) < 4.78 is 2.26. The molecule has 1 saturated heterocycles. The zero-order valence-corrected chi connectivity index (χ0v) is 13.4. The number of piperazine rings is 1. The van der Waals surface area contributed by atoms with Crippen LogP contribution in [0.1, 0.15) is 5.56 Å². The summed E-state index contributed by atoms with van der Waals surface area (Å²) in [7, 11) is 0. The zero-order chi connectivity index (χ0) is 15.8. The van der Waals surface area contributed by atoms with Crippen molar-refractivity contribution in [2.45, 2.75) is 6.92 Å². The van der Waals surface area contributed by atoms with Crippen LogP contribution in [0.5, 0.6) is 0 Å². The predicted octanol–water partition coefficient (Wildman–Crippen LogP) is 1.91. The average Bonchev–Trinajstić information content (AvgIpc) is 3.05. The number of aryl methyl sites for hydroxylation is 1. The molecule has 3 aromatic rings. The van der Waals surface area contributed by atoms with Gasteiger partial charge in [-0.25, -0.2) is 4.98 Å². The smallest absolute Gasteiger partial charge is 0.153 e. The fourth-order valence-corrected chi connectivity index (χ4v) is 3.53. The third-order valence-corrected chi connectivity index (χ3v) is 4.75. The molecule has 0 spiro atoms. The van der Waals surface area contributed by atoms with Crippen molar-refractivity contribution in [2.75, 3.05) is 44.2 Å². The molecule has 1 fully saturated rings. The molecule has 3 heterocycles. The van der Waals surface area contributed by atoms with Gasteiger partial charge in [0.05, 0.1) is 23.2 Å². The number of benzene rings is 1. The van der Waals surface area contributed by atoms with Crippen LogP contribution >= 0.6 is 0 Å². The van der Waals surface area contributed by atoms with Crippen molar-refractivity contribution in [1.82, 2.24) is 14.3 Å². The molecule has 120 valence electrons. The lowest BCUT2D eigenvalue weighted by Gasteiger charge is -2.35. The fourth-order valence-electron chi connectivity index (χ4n) is 3.53. The molecule has 5 nitrogen and oxygen atoms in total. The van der Waals surface area contributed by atoms with Crippen LogP contribution in [0.15, 0.2) is 36.5 Å². The van der Waals surface area contributed by atoms with E-state index in [1.807, 2.05) is 0 Å². The van der Waals surface area contributed by atoms with Crippen LogP contribution in [0.2, 0.25) is 0 Å². The summed E-state index contributed by atoms with van der Waals surface area (Å²) in [6, 6.07) is 10.5. The van der Waals surface area contributed by atoms with Crippen LogP contribution in [0.3, 0.4) is 0 Å². The molecule has 4 rings (SSSR count). The van der Waals surface area contributed by atoms with Crippen LogP contribution in [0.4, 0.5) is 5.82 Å². The standard InChI is InChI=1S/C18H22N4O/c1-14-4-2-5-15-17(14)22-7-3-6-16(22)18(19-15)21-10-8-20(9-11-21)12-13-23/h2-7,23H,8-13H2,1H3. The molecule has 5 heteroatoms. The number of anilines is 1. The summed E-state index contributed by atoms with van der Waals surface area (Å²) in [5, 5.41) is 9.09. The Labute approximate surface area is 135 Å². The third-order valence-electron chi connectivity index (χ3n) is 4.75. The first kappa shape index (κ1) is 14.5. The van der Waals surface area contributed by atoms with Gasteiger partial charge in [-0.15, -0.1) is 0 Å². The summed E-state index contributed by atoms with van der Waals surface area (Å²) >= 11 is 0. The average molecular weight is 310 g/mol.